The van der Waals surface area contributed by atoms with Crippen LogP contribution >= 0.6 is 22.9 Å². The van der Waals surface area contributed by atoms with Crippen molar-refractivity contribution in [1.29, 1.82) is 0 Å². The molecule has 0 amide bonds. The van der Waals surface area contributed by atoms with Crippen molar-refractivity contribution < 1.29 is 14.3 Å². The molecule has 0 atom stereocenters. The van der Waals surface area contributed by atoms with Crippen LogP contribution in [-0.2, 0) is 0 Å². The van der Waals surface area contributed by atoms with Gasteiger partial charge in [-0.2, -0.15) is 0 Å². The van der Waals surface area contributed by atoms with E-state index in [2.05, 4.69) is 0 Å². The lowest BCUT2D eigenvalue weighted by molar-refractivity contribution is 0.105. The van der Waals surface area contributed by atoms with Gasteiger partial charge in [-0.15, -0.1) is 11.3 Å². The maximum Gasteiger partial charge on any atom is 0.195 e. The molecule has 102 valence electrons. The number of carbonyl (C=O) groups is 1. The molecule has 20 heavy (non-hydrogen) atoms. The molecule has 0 radical (unpaired) electrons. The quantitative estimate of drug-likeness (QED) is 0.633. The van der Waals surface area contributed by atoms with Crippen LogP contribution in [0.15, 0.2) is 36.4 Å². The molecule has 5 heteroatoms. The van der Waals surface area contributed by atoms with E-state index in [1.807, 2.05) is 18.2 Å². The minimum Gasteiger partial charge on any atom is -0.486 e. The van der Waals surface area contributed by atoms with Crippen LogP contribution in [0.3, 0.4) is 0 Å². The lowest BCUT2D eigenvalue weighted by atomic mass is 10.1. The topological polar surface area (TPSA) is 35.5 Å². The highest BCUT2D eigenvalue weighted by Gasteiger charge is 2.11. The predicted octanol–water partition coefficient (Wildman–Crippen LogP) is 4.07. The normalized spacial score (nSPS) is 13.7. The Morgan fingerprint density at radius 1 is 1.15 bits per heavy atom. The molecule has 0 aliphatic carbocycles. The molecule has 0 fully saturated rings. The van der Waals surface area contributed by atoms with Crippen LogP contribution < -0.4 is 9.47 Å². The first-order chi connectivity index (χ1) is 9.72. The number of ether oxygens (including phenoxy) is 2. The Bertz CT molecular complexity index is 676. The lowest BCUT2D eigenvalue weighted by Crippen LogP contribution is -2.15. The molecular weight excluding hydrogens is 296 g/mol. The average Bonchev–Trinajstić information content (AvgIpc) is 2.91. The fraction of sp³-hybridized carbons (Fsp3) is 0.133. The third-order valence-corrected chi connectivity index (χ3v) is 4.06. The summed E-state index contributed by atoms with van der Waals surface area (Å²) in [6, 6.07) is 9.04. The zero-order chi connectivity index (χ0) is 13.9. The number of ketones is 1. The van der Waals surface area contributed by atoms with Gasteiger partial charge in [-0.3, -0.25) is 4.79 Å². The maximum atomic E-state index is 11.9. The molecule has 1 aromatic carbocycles. The number of fused-ring (bicyclic) bond motifs is 1. The molecule has 0 saturated heterocycles. The highest BCUT2D eigenvalue weighted by molar-refractivity contribution is 7.18. The van der Waals surface area contributed by atoms with E-state index in [9.17, 15) is 4.79 Å². The number of benzene rings is 1. The van der Waals surface area contributed by atoms with E-state index in [1.54, 1.807) is 18.2 Å². The van der Waals surface area contributed by atoms with Crippen molar-refractivity contribution in [3.63, 3.8) is 0 Å². The van der Waals surface area contributed by atoms with Gasteiger partial charge in [0.05, 0.1) is 9.21 Å². The summed E-state index contributed by atoms with van der Waals surface area (Å²) in [4.78, 5) is 12.6. The average molecular weight is 307 g/mol. The van der Waals surface area contributed by atoms with E-state index in [4.69, 9.17) is 21.1 Å². The van der Waals surface area contributed by atoms with Crippen LogP contribution in [0.4, 0.5) is 0 Å². The Balaban J connectivity index is 1.77. The van der Waals surface area contributed by atoms with Crippen molar-refractivity contribution in [2.45, 2.75) is 0 Å². The maximum absolute atomic E-state index is 11.9. The van der Waals surface area contributed by atoms with Gasteiger partial charge in [0.25, 0.3) is 0 Å². The number of carbonyl (C=O) groups excluding carboxylic acids is 1. The van der Waals surface area contributed by atoms with Crippen LogP contribution in [0.25, 0.3) is 6.08 Å². The van der Waals surface area contributed by atoms with Gasteiger partial charge in [-0.05, 0) is 35.9 Å². The molecule has 1 aromatic heterocycles. The fourth-order valence-corrected chi connectivity index (χ4v) is 2.83. The second-order valence-corrected chi connectivity index (χ2v) is 5.92. The standard InChI is InChI=1S/C15H11ClO3S/c16-15-6-5-14(20-15)11(17)3-1-10-2-4-12-13(9-10)19-8-7-18-12/h1-6,9H,7-8H2. The summed E-state index contributed by atoms with van der Waals surface area (Å²) in [7, 11) is 0. The first-order valence-corrected chi connectivity index (χ1v) is 7.29. The second kappa shape index (κ2) is 5.69. The monoisotopic (exact) mass is 306 g/mol. The Labute approximate surface area is 125 Å². The van der Waals surface area contributed by atoms with Gasteiger partial charge in [-0.25, -0.2) is 0 Å². The summed E-state index contributed by atoms with van der Waals surface area (Å²) in [6.07, 6.45) is 3.29. The van der Waals surface area contributed by atoms with Gasteiger partial charge in [0, 0.05) is 0 Å². The largest absolute Gasteiger partial charge is 0.486 e. The molecule has 2 aromatic rings. The van der Waals surface area contributed by atoms with Gasteiger partial charge in [0.15, 0.2) is 17.3 Å². The van der Waals surface area contributed by atoms with Gasteiger partial charge >= 0.3 is 0 Å². The summed E-state index contributed by atoms with van der Waals surface area (Å²) >= 11 is 7.09. The molecule has 1 aliphatic rings. The zero-order valence-electron chi connectivity index (χ0n) is 10.5. The number of thiophene rings is 1. The Morgan fingerprint density at radius 2 is 1.95 bits per heavy atom. The van der Waals surface area contributed by atoms with E-state index in [0.717, 1.165) is 11.3 Å². The summed E-state index contributed by atoms with van der Waals surface area (Å²) in [5.41, 5.74) is 0.894. The number of halogens is 1. The highest BCUT2D eigenvalue weighted by Crippen LogP contribution is 2.31. The van der Waals surface area contributed by atoms with Crippen molar-refractivity contribution in [1.82, 2.24) is 0 Å². The summed E-state index contributed by atoms with van der Waals surface area (Å²) in [5.74, 6) is 1.39. The van der Waals surface area contributed by atoms with Crippen molar-refractivity contribution >= 4 is 34.8 Å². The molecule has 0 N–H and O–H groups in total. The van der Waals surface area contributed by atoms with Crippen molar-refractivity contribution in [3.05, 3.63) is 51.2 Å². The Kier molecular flexibility index (Phi) is 3.76. The predicted molar refractivity (Wildman–Crippen MR) is 80.1 cm³/mol. The van der Waals surface area contributed by atoms with Gasteiger partial charge in [-0.1, -0.05) is 23.7 Å². The van der Waals surface area contributed by atoms with Gasteiger partial charge in [0.1, 0.15) is 13.2 Å². The highest BCUT2D eigenvalue weighted by atomic mass is 35.5. The number of hydrogen-bond acceptors (Lipinski definition) is 4. The molecular formula is C15H11ClO3S. The Hall–Kier alpha value is -1.78. The van der Waals surface area contributed by atoms with Crippen molar-refractivity contribution in [2.24, 2.45) is 0 Å². The molecule has 0 bridgehead atoms. The second-order valence-electron chi connectivity index (χ2n) is 4.20. The minimum absolute atomic E-state index is 0.0585. The fourth-order valence-electron chi connectivity index (χ4n) is 1.86. The van der Waals surface area contributed by atoms with E-state index >= 15 is 0 Å². The molecule has 1 aliphatic heterocycles. The third-order valence-electron chi connectivity index (χ3n) is 2.81. The first kappa shape index (κ1) is 13.2. The van der Waals surface area contributed by atoms with Crippen LogP contribution in [0.1, 0.15) is 15.2 Å². The molecule has 3 rings (SSSR count). The van der Waals surface area contributed by atoms with Gasteiger partial charge in [0.2, 0.25) is 0 Å². The van der Waals surface area contributed by atoms with Crippen molar-refractivity contribution in [2.75, 3.05) is 13.2 Å². The van der Waals surface area contributed by atoms with Crippen LogP contribution in [0.5, 0.6) is 11.5 Å². The zero-order valence-corrected chi connectivity index (χ0v) is 12.0. The lowest BCUT2D eigenvalue weighted by Gasteiger charge is -2.18. The van der Waals surface area contributed by atoms with Crippen LogP contribution in [0, 0.1) is 0 Å². The molecule has 0 unspecified atom stereocenters. The van der Waals surface area contributed by atoms with Gasteiger partial charge < -0.3 is 9.47 Å². The number of hydrogen-bond donors (Lipinski definition) is 0. The molecule has 0 spiro atoms. The van der Waals surface area contributed by atoms with E-state index in [1.165, 1.54) is 17.4 Å². The molecule has 2 heterocycles. The third kappa shape index (κ3) is 2.86. The van der Waals surface area contributed by atoms with Crippen molar-refractivity contribution in [3.8, 4) is 11.5 Å². The molecule has 0 saturated carbocycles. The summed E-state index contributed by atoms with van der Waals surface area (Å²) < 4.78 is 11.6. The van der Waals surface area contributed by atoms with E-state index in [-0.39, 0.29) is 5.78 Å². The summed E-state index contributed by atoms with van der Waals surface area (Å²) in [5, 5.41) is 0. The first-order valence-electron chi connectivity index (χ1n) is 6.10. The number of rotatable bonds is 3. The SMILES string of the molecule is O=C(C=Cc1ccc2c(c1)OCCO2)c1ccc(Cl)s1. The van der Waals surface area contributed by atoms with Crippen LogP contribution in [0.2, 0.25) is 4.34 Å². The minimum atomic E-state index is -0.0585. The summed E-state index contributed by atoms with van der Waals surface area (Å²) in [6.45, 7) is 1.12. The number of allylic oxidation sites excluding steroid dienone is 1. The molecule has 3 nitrogen and oxygen atoms in total. The van der Waals surface area contributed by atoms with Crippen LogP contribution in [-0.4, -0.2) is 19.0 Å². The Morgan fingerprint density at radius 3 is 2.70 bits per heavy atom. The van der Waals surface area contributed by atoms with E-state index in [0.29, 0.717) is 28.2 Å². The van der Waals surface area contributed by atoms with E-state index < -0.39 is 0 Å². The smallest absolute Gasteiger partial charge is 0.195 e.